The number of carbonyl (C=O) groups excluding carboxylic acids is 1. The summed E-state index contributed by atoms with van der Waals surface area (Å²) in [6.07, 6.45) is -3.89. The first-order valence-corrected chi connectivity index (χ1v) is 13.2. The Bertz CT molecular complexity index is 1480. The monoisotopic (exact) mass is 570 g/mol. The molecule has 0 atom stereocenters. The summed E-state index contributed by atoms with van der Waals surface area (Å²) in [4.78, 5) is 17.2. The van der Waals surface area contributed by atoms with E-state index in [4.69, 9.17) is 16.3 Å². The van der Waals surface area contributed by atoms with E-state index in [1.807, 2.05) is 48.5 Å². The number of aliphatic hydroxyl groups excluding tert-OH is 1. The van der Waals surface area contributed by atoms with Crippen LogP contribution in [0.15, 0.2) is 88.9 Å². The number of ether oxygens (including phenoxy) is 1. The van der Waals surface area contributed by atoms with Gasteiger partial charge in [-0.15, -0.1) is 0 Å². The molecule has 5 rings (SSSR count). The molecule has 0 bridgehead atoms. The van der Waals surface area contributed by atoms with Gasteiger partial charge in [0.1, 0.15) is 11.6 Å². The van der Waals surface area contributed by atoms with E-state index in [2.05, 4.69) is 10.3 Å². The third-order valence-corrected chi connectivity index (χ3v) is 8.09. The first-order valence-electron chi connectivity index (χ1n) is 12.0. The summed E-state index contributed by atoms with van der Waals surface area (Å²) in [6.45, 7) is -0.496. The van der Waals surface area contributed by atoms with Gasteiger partial charge in [0.25, 0.3) is 0 Å². The molecule has 0 radical (unpaired) electrons. The highest BCUT2D eigenvalue weighted by molar-refractivity contribution is 7.99. The number of hydrogen-bond acceptors (Lipinski definition) is 5. The lowest BCUT2D eigenvalue weighted by Crippen LogP contribution is -2.26. The highest BCUT2D eigenvalue weighted by atomic mass is 35.5. The van der Waals surface area contributed by atoms with Crippen molar-refractivity contribution in [2.45, 2.75) is 35.2 Å². The lowest BCUT2D eigenvalue weighted by atomic mass is 9.98. The zero-order valence-corrected chi connectivity index (χ0v) is 21.9. The average Bonchev–Trinajstić information content (AvgIpc) is 3.25. The Kier molecular flexibility index (Phi) is 7.83. The van der Waals surface area contributed by atoms with Crippen molar-refractivity contribution in [1.82, 2.24) is 10.3 Å². The molecular formula is C29H22ClF3N2O3S. The molecule has 1 aliphatic rings. The molecular weight excluding hydrogens is 549 g/mol. The van der Waals surface area contributed by atoms with Crippen LogP contribution in [0.2, 0.25) is 5.02 Å². The average molecular weight is 571 g/mol. The van der Waals surface area contributed by atoms with E-state index in [0.717, 1.165) is 46.1 Å². The largest absolute Gasteiger partial charge is 0.449 e. The summed E-state index contributed by atoms with van der Waals surface area (Å²) in [6, 6.07) is 20.9. The second kappa shape index (κ2) is 11.3. The number of aromatic nitrogens is 1. The molecule has 0 saturated heterocycles. The van der Waals surface area contributed by atoms with Gasteiger partial charge >= 0.3 is 12.3 Å². The minimum Gasteiger partial charge on any atom is -0.449 e. The van der Waals surface area contributed by atoms with Crippen molar-refractivity contribution in [3.63, 3.8) is 0 Å². The van der Waals surface area contributed by atoms with Crippen molar-refractivity contribution in [1.29, 1.82) is 0 Å². The number of benzene rings is 3. The first-order chi connectivity index (χ1) is 18.8. The van der Waals surface area contributed by atoms with Crippen molar-refractivity contribution in [3.05, 3.63) is 112 Å². The van der Waals surface area contributed by atoms with Crippen molar-refractivity contribution in [2.24, 2.45) is 0 Å². The quantitative estimate of drug-likeness (QED) is 0.242. The number of nitrogens with one attached hydrogen (secondary N) is 1. The van der Waals surface area contributed by atoms with Gasteiger partial charge in [0, 0.05) is 29.1 Å². The van der Waals surface area contributed by atoms with Crippen LogP contribution in [0.5, 0.6) is 0 Å². The Morgan fingerprint density at radius 2 is 1.67 bits per heavy atom. The fourth-order valence-corrected chi connectivity index (χ4v) is 5.95. The number of hydrogen-bond donors (Lipinski definition) is 2. The predicted octanol–water partition coefficient (Wildman–Crippen LogP) is 7.44. The van der Waals surface area contributed by atoms with Gasteiger partial charge in [-0.25, -0.2) is 9.78 Å². The number of alkyl halides is 3. The van der Waals surface area contributed by atoms with E-state index in [9.17, 15) is 23.1 Å². The molecule has 1 aliphatic carbocycles. The molecule has 2 N–H and O–H groups in total. The van der Waals surface area contributed by atoms with Crippen LogP contribution in [-0.4, -0.2) is 22.8 Å². The van der Waals surface area contributed by atoms with E-state index >= 15 is 0 Å². The number of alkyl carbamates (subject to hydrolysis) is 1. The Morgan fingerprint density at radius 1 is 1.00 bits per heavy atom. The number of amides is 1. The minimum absolute atomic E-state index is 0.0681. The molecule has 4 aromatic rings. The molecule has 0 unspecified atom stereocenters. The number of halogens is 4. The van der Waals surface area contributed by atoms with Gasteiger partial charge in [-0.1, -0.05) is 78.0 Å². The zero-order chi connectivity index (χ0) is 27.6. The van der Waals surface area contributed by atoms with Gasteiger partial charge in [0.05, 0.1) is 17.2 Å². The molecule has 5 nitrogen and oxygen atoms in total. The minimum atomic E-state index is -4.63. The van der Waals surface area contributed by atoms with Crippen LogP contribution in [0.3, 0.4) is 0 Å². The summed E-state index contributed by atoms with van der Waals surface area (Å²) in [5, 5.41) is 12.4. The molecule has 1 amide bonds. The van der Waals surface area contributed by atoms with Crippen molar-refractivity contribution in [3.8, 4) is 11.1 Å². The van der Waals surface area contributed by atoms with E-state index in [1.165, 1.54) is 6.20 Å². The SMILES string of the molecule is O=C(NCc1cc(C(F)(F)F)cc(Cl)c1Sc1ncccc1CO)OCC1c2ccccc2-c2ccccc21. The van der Waals surface area contributed by atoms with Gasteiger partial charge in [0.15, 0.2) is 0 Å². The number of fused-ring (bicyclic) bond motifs is 3. The smallest absolute Gasteiger partial charge is 0.416 e. The van der Waals surface area contributed by atoms with Gasteiger partial charge in [-0.05, 0) is 46.0 Å². The number of nitrogens with zero attached hydrogens (tertiary/aromatic N) is 1. The third-order valence-electron chi connectivity index (χ3n) is 6.43. The lowest BCUT2D eigenvalue weighted by molar-refractivity contribution is -0.137. The number of pyridine rings is 1. The second-order valence-electron chi connectivity index (χ2n) is 8.85. The van der Waals surface area contributed by atoms with E-state index in [1.54, 1.807) is 12.1 Å². The Morgan fingerprint density at radius 3 is 2.31 bits per heavy atom. The van der Waals surface area contributed by atoms with Crippen molar-refractivity contribution >= 4 is 29.5 Å². The second-order valence-corrected chi connectivity index (χ2v) is 10.3. The van der Waals surface area contributed by atoms with E-state index in [0.29, 0.717) is 10.6 Å². The van der Waals surface area contributed by atoms with Crippen molar-refractivity contribution < 1.29 is 27.8 Å². The molecule has 39 heavy (non-hydrogen) atoms. The van der Waals surface area contributed by atoms with Gasteiger partial charge < -0.3 is 15.2 Å². The summed E-state index contributed by atoms with van der Waals surface area (Å²) in [5.41, 5.74) is 3.95. The molecule has 0 fully saturated rings. The molecule has 200 valence electrons. The third kappa shape index (κ3) is 5.75. The summed E-state index contributed by atoms with van der Waals surface area (Å²) in [7, 11) is 0. The summed E-state index contributed by atoms with van der Waals surface area (Å²) in [5.74, 6) is -0.154. The van der Waals surface area contributed by atoms with Gasteiger partial charge in [-0.3, -0.25) is 0 Å². The Balaban J connectivity index is 1.34. The maximum atomic E-state index is 13.5. The Labute approximate surface area is 232 Å². The van der Waals surface area contributed by atoms with Crippen molar-refractivity contribution in [2.75, 3.05) is 6.61 Å². The van der Waals surface area contributed by atoms with E-state index in [-0.39, 0.29) is 41.2 Å². The van der Waals surface area contributed by atoms with Crippen LogP contribution in [-0.2, 0) is 24.1 Å². The zero-order valence-electron chi connectivity index (χ0n) is 20.3. The predicted molar refractivity (Wildman–Crippen MR) is 143 cm³/mol. The maximum absolute atomic E-state index is 13.5. The number of carbonyl (C=O) groups is 1. The number of rotatable bonds is 7. The van der Waals surface area contributed by atoms with Crippen LogP contribution in [0.25, 0.3) is 11.1 Å². The van der Waals surface area contributed by atoms with Crippen LogP contribution in [0.1, 0.15) is 33.7 Å². The lowest BCUT2D eigenvalue weighted by Gasteiger charge is -2.17. The summed E-state index contributed by atoms with van der Waals surface area (Å²) < 4.78 is 46.1. The van der Waals surface area contributed by atoms with Gasteiger partial charge in [-0.2, -0.15) is 13.2 Å². The molecule has 1 aromatic heterocycles. The molecule has 0 spiro atoms. The normalized spacial score (nSPS) is 12.6. The standard InChI is InChI=1S/C29H22ClF3N2O3S/c30-25-13-19(29(31,32)33)12-18(26(25)39-27-17(15-36)6-5-11-34-27)14-35-28(37)38-16-24-22-9-3-1-7-20(22)21-8-2-4-10-23(21)24/h1-13,24,36H,14-16H2,(H,35,37). The maximum Gasteiger partial charge on any atom is 0.416 e. The van der Waals surface area contributed by atoms with Crippen LogP contribution in [0.4, 0.5) is 18.0 Å². The first kappa shape index (κ1) is 27.1. The van der Waals surface area contributed by atoms with Crippen LogP contribution < -0.4 is 5.32 Å². The fraction of sp³-hybridized carbons (Fsp3) is 0.172. The topological polar surface area (TPSA) is 71.5 Å². The highest BCUT2D eigenvalue weighted by Crippen LogP contribution is 2.45. The highest BCUT2D eigenvalue weighted by Gasteiger charge is 2.33. The fourth-order valence-electron chi connectivity index (χ4n) is 4.61. The van der Waals surface area contributed by atoms with Crippen LogP contribution >= 0.6 is 23.4 Å². The molecule has 1 heterocycles. The van der Waals surface area contributed by atoms with Crippen LogP contribution in [0, 0.1) is 0 Å². The summed E-state index contributed by atoms with van der Waals surface area (Å²) >= 11 is 7.31. The van der Waals surface area contributed by atoms with Gasteiger partial charge in [0.2, 0.25) is 0 Å². The molecule has 0 saturated carbocycles. The molecule has 10 heteroatoms. The van der Waals surface area contributed by atoms with E-state index < -0.39 is 17.8 Å². The Hall–Kier alpha value is -3.53. The number of aliphatic hydroxyl groups is 1. The molecule has 3 aromatic carbocycles. The molecule has 0 aliphatic heterocycles.